The standard InChI is InChI=1S/C43H34N4O6/c1-43(2)35-23-29(25-11-15-27(16-12-25)39(50)44-46-41(52)33-7-3-5-9-37(33)48)19-21-31(35)32-22-20-30(24-36(32)43)26-13-17-28(18-14-26)40(51)45-47-42(53)34-8-4-6-10-38(34)49/h3-24,48-49H,1-2H3,(H,44,50)(H,45,51)(H,46,52)(H,47,53). The van der Waals surface area contributed by atoms with Gasteiger partial charge >= 0.3 is 0 Å². The van der Waals surface area contributed by atoms with Gasteiger partial charge in [-0.25, -0.2) is 0 Å². The fourth-order valence-corrected chi connectivity index (χ4v) is 6.56. The summed E-state index contributed by atoms with van der Waals surface area (Å²) >= 11 is 0. The molecule has 6 N–H and O–H groups in total. The minimum absolute atomic E-state index is 0.0499. The van der Waals surface area contributed by atoms with Crippen molar-refractivity contribution in [3.8, 4) is 44.9 Å². The number of amides is 4. The van der Waals surface area contributed by atoms with E-state index in [-0.39, 0.29) is 28.0 Å². The van der Waals surface area contributed by atoms with Gasteiger partial charge in [-0.05, 0) is 105 Å². The van der Waals surface area contributed by atoms with Gasteiger partial charge in [-0.1, -0.05) is 86.6 Å². The monoisotopic (exact) mass is 702 g/mol. The van der Waals surface area contributed by atoms with E-state index in [1.807, 2.05) is 24.3 Å². The van der Waals surface area contributed by atoms with Crippen molar-refractivity contribution < 1.29 is 29.4 Å². The molecule has 0 bridgehead atoms. The Morgan fingerprint density at radius 3 is 1.15 bits per heavy atom. The Balaban J connectivity index is 1.02. The molecule has 0 spiro atoms. The molecule has 10 nitrogen and oxygen atoms in total. The van der Waals surface area contributed by atoms with E-state index < -0.39 is 23.6 Å². The molecule has 53 heavy (non-hydrogen) atoms. The highest BCUT2D eigenvalue weighted by atomic mass is 16.3. The van der Waals surface area contributed by atoms with Crippen LogP contribution in [-0.2, 0) is 5.41 Å². The van der Waals surface area contributed by atoms with Crippen LogP contribution in [0.5, 0.6) is 11.5 Å². The van der Waals surface area contributed by atoms with Crippen molar-refractivity contribution in [3.63, 3.8) is 0 Å². The number of benzene rings is 6. The number of aromatic hydroxyl groups is 2. The van der Waals surface area contributed by atoms with Gasteiger partial charge in [-0.15, -0.1) is 0 Å². The fourth-order valence-electron chi connectivity index (χ4n) is 6.56. The summed E-state index contributed by atoms with van der Waals surface area (Å²) in [6.07, 6.45) is 0. The number of rotatable bonds is 6. The summed E-state index contributed by atoms with van der Waals surface area (Å²) in [6.45, 7) is 4.39. The molecule has 0 unspecified atom stereocenters. The molecular weight excluding hydrogens is 668 g/mol. The first kappa shape index (κ1) is 34.3. The second kappa shape index (κ2) is 13.8. The zero-order chi connectivity index (χ0) is 37.3. The molecular formula is C43H34N4O6. The van der Waals surface area contributed by atoms with Gasteiger partial charge in [0.05, 0.1) is 11.1 Å². The zero-order valence-corrected chi connectivity index (χ0v) is 28.7. The minimum atomic E-state index is -0.629. The number of carbonyl (C=O) groups excluding carboxylic acids is 4. The van der Waals surface area contributed by atoms with Crippen LogP contribution in [-0.4, -0.2) is 33.8 Å². The number of hydrogen-bond donors (Lipinski definition) is 6. The highest BCUT2D eigenvalue weighted by molar-refractivity contribution is 6.01. The Morgan fingerprint density at radius 2 is 0.774 bits per heavy atom. The van der Waals surface area contributed by atoms with E-state index in [0.29, 0.717) is 11.1 Å². The first-order valence-corrected chi connectivity index (χ1v) is 16.8. The molecule has 4 amide bonds. The van der Waals surface area contributed by atoms with Crippen LogP contribution in [0.4, 0.5) is 0 Å². The summed E-state index contributed by atoms with van der Waals surface area (Å²) in [5, 5.41) is 19.8. The van der Waals surface area contributed by atoms with Crippen molar-refractivity contribution in [3.05, 3.63) is 167 Å². The molecule has 1 aliphatic rings. The van der Waals surface area contributed by atoms with Gasteiger partial charge in [0.25, 0.3) is 23.6 Å². The number of phenolic OH excluding ortho intramolecular Hbond substituents is 2. The van der Waals surface area contributed by atoms with Crippen LogP contribution < -0.4 is 21.7 Å². The maximum absolute atomic E-state index is 12.7. The molecule has 7 rings (SSSR count). The van der Waals surface area contributed by atoms with E-state index in [2.05, 4.69) is 71.9 Å². The van der Waals surface area contributed by atoms with Crippen LogP contribution in [0.3, 0.4) is 0 Å². The summed E-state index contributed by atoms with van der Waals surface area (Å²) < 4.78 is 0. The third-order valence-corrected chi connectivity index (χ3v) is 9.51. The minimum Gasteiger partial charge on any atom is -0.507 e. The fraction of sp³-hybridized carbons (Fsp3) is 0.0698. The lowest BCUT2D eigenvalue weighted by Crippen LogP contribution is -2.41. The van der Waals surface area contributed by atoms with E-state index >= 15 is 0 Å². The lowest BCUT2D eigenvalue weighted by Gasteiger charge is -2.22. The smallest absolute Gasteiger partial charge is 0.273 e. The van der Waals surface area contributed by atoms with E-state index in [9.17, 15) is 29.4 Å². The lowest BCUT2D eigenvalue weighted by molar-refractivity contribution is 0.0845. The maximum Gasteiger partial charge on any atom is 0.273 e. The SMILES string of the molecule is CC1(C)c2cc(-c3ccc(C(=O)NNC(=O)c4ccccc4O)cc3)ccc2-c2ccc(-c3ccc(C(=O)NNC(=O)c4ccccc4O)cc3)cc21. The summed E-state index contributed by atoms with van der Waals surface area (Å²) in [5.74, 6) is -2.61. The van der Waals surface area contributed by atoms with Gasteiger partial charge in [-0.2, -0.15) is 0 Å². The molecule has 0 saturated carbocycles. The molecule has 0 aromatic heterocycles. The summed E-state index contributed by atoms with van der Waals surface area (Å²) in [6, 6.07) is 39.1. The average molecular weight is 703 g/mol. The summed E-state index contributed by atoms with van der Waals surface area (Å²) in [4.78, 5) is 50.2. The van der Waals surface area contributed by atoms with Gasteiger partial charge in [0.2, 0.25) is 0 Å². The van der Waals surface area contributed by atoms with Crippen molar-refractivity contribution in [2.75, 3.05) is 0 Å². The van der Waals surface area contributed by atoms with Crippen molar-refractivity contribution in [1.82, 2.24) is 21.7 Å². The van der Waals surface area contributed by atoms with Crippen LogP contribution in [0.2, 0.25) is 0 Å². The number of phenols is 2. The predicted molar refractivity (Wildman–Crippen MR) is 201 cm³/mol. The van der Waals surface area contributed by atoms with E-state index in [1.54, 1.807) is 48.5 Å². The molecule has 10 heteroatoms. The van der Waals surface area contributed by atoms with Crippen LogP contribution in [0.15, 0.2) is 133 Å². The largest absolute Gasteiger partial charge is 0.507 e. The number of para-hydroxylation sites is 2. The van der Waals surface area contributed by atoms with Gasteiger partial charge in [0.15, 0.2) is 0 Å². The van der Waals surface area contributed by atoms with E-state index in [4.69, 9.17) is 0 Å². The van der Waals surface area contributed by atoms with Gasteiger partial charge in [-0.3, -0.25) is 40.9 Å². The number of hydrogen-bond acceptors (Lipinski definition) is 6. The Morgan fingerprint density at radius 1 is 0.434 bits per heavy atom. The average Bonchev–Trinajstić information content (AvgIpc) is 3.41. The van der Waals surface area contributed by atoms with Crippen molar-refractivity contribution in [1.29, 1.82) is 0 Å². The maximum atomic E-state index is 12.7. The van der Waals surface area contributed by atoms with Crippen LogP contribution in [0.25, 0.3) is 33.4 Å². The number of carbonyl (C=O) groups is 4. The highest BCUT2D eigenvalue weighted by Crippen LogP contribution is 2.50. The van der Waals surface area contributed by atoms with Gasteiger partial charge < -0.3 is 10.2 Å². The first-order valence-electron chi connectivity index (χ1n) is 16.8. The van der Waals surface area contributed by atoms with E-state index in [0.717, 1.165) is 33.4 Å². The zero-order valence-electron chi connectivity index (χ0n) is 28.7. The highest BCUT2D eigenvalue weighted by Gasteiger charge is 2.36. The van der Waals surface area contributed by atoms with Crippen LogP contribution in [0.1, 0.15) is 66.4 Å². The van der Waals surface area contributed by atoms with Crippen molar-refractivity contribution in [2.45, 2.75) is 19.3 Å². The number of nitrogens with one attached hydrogen (secondary N) is 4. The molecule has 6 aromatic rings. The lowest BCUT2D eigenvalue weighted by atomic mass is 9.81. The van der Waals surface area contributed by atoms with E-state index in [1.165, 1.54) is 35.4 Å². The second-order valence-electron chi connectivity index (χ2n) is 13.2. The molecule has 0 radical (unpaired) electrons. The molecule has 0 saturated heterocycles. The third kappa shape index (κ3) is 6.68. The molecule has 1 aliphatic carbocycles. The van der Waals surface area contributed by atoms with Crippen LogP contribution in [0, 0.1) is 0 Å². The predicted octanol–water partition coefficient (Wildman–Crippen LogP) is 6.89. The number of fused-ring (bicyclic) bond motifs is 3. The van der Waals surface area contributed by atoms with Gasteiger partial charge in [0.1, 0.15) is 11.5 Å². The molecule has 0 heterocycles. The molecule has 0 fully saturated rings. The quantitative estimate of drug-likeness (QED) is 0.104. The summed E-state index contributed by atoms with van der Waals surface area (Å²) in [7, 11) is 0. The topological polar surface area (TPSA) is 157 Å². The molecule has 0 atom stereocenters. The number of hydrazine groups is 2. The summed E-state index contributed by atoms with van der Waals surface area (Å²) in [5.41, 5.74) is 18.4. The Kier molecular flexibility index (Phi) is 8.95. The van der Waals surface area contributed by atoms with Crippen LogP contribution >= 0.6 is 0 Å². The Hall–Kier alpha value is -7.20. The van der Waals surface area contributed by atoms with Crippen molar-refractivity contribution >= 4 is 23.6 Å². The Bertz CT molecular complexity index is 2250. The third-order valence-electron chi connectivity index (χ3n) is 9.51. The first-order chi connectivity index (χ1) is 25.5. The second-order valence-corrected chi connectivity index (χ2v) is 13.2. The van der Waals surface area contributed by atoms with Crippen molar-refractivity contribution in [2.24, 2.45) is 0 Å². The molecule has 0 aliphatic heterocycles. The van der Waals surface area contributed by atoms with Gasteiger partial charge in [0, 0.05) is 16.5 Å². The molecule has 6 aromatic carbocycles. The normalized spacial score (nSPS) is 12.2. The molecule has 262 valence electrons. The Labute approximate surface area is 305 Å².